The number of hydrogen-bond donors (Lipinski definition) is 0. The molecule has 1 amide bonds. The largest absolute Gasteiger partial charge is 0.481 e. The van der Waals surface area contributed by atoms with Crippen molar-refractivity contribution in [2.24, 2.45) is 0 Å². The number of carbonyl (C=O) groups excluding carboxylic acids is 2. The number of anilines is 1. The molecule has 0 atom stereocenters. The summed E-state index contributed by atoms with van der Waals surface area (Å²) in [5, 5.41) is 0.516. The maximum atomic E-state index is 12.6. The molecule has 2 aromatic carbocycles. The molecule has 160 valence electrons. The van der Waals surface area contributed by atoms with E-state index in [1.54, 1.807) is 43.5 Å². The van der Waals surface area contributed by atoms with Crippen molar-refractivity contribution in [3.63, 3.8) is 0 Å². The summed E-state index contributed by atoms with van der Waals surface area (Å²) in [6.07, 6.45) is 3.14. The minimum atomic E-state index is 0.0271. The third kappa shape index (κ3) is 5.50. The minimum Gasteiger partial charge on any atom is -0.481 e. The lowest BCUT2D eigenvalue weighted by Crippen LogP contribution is -2.24. The number of halogens is 1. The predicted molar refractivity (Wildman–Crippen MR) is 124 cm³/mol. The van der Waals surface area contributed by atoms with Crippen molar-refractivity contribution in [1.82, 2.24) is 4.98 Å². The summed E-state index contributed by atoms with van der Waals surface area (Å²) in [7, 11) is 3.33. The van der Waals surface area contributed by atoms with Crippen LogP contribution < -0.4 is 9.64 Å². The van der Waals surface area contributed by atoms with Crippen LogP contribution in [0.4, 0.5) is 5.69 Å². The lowest BCUT2D eigenvalue weighted by atomic mass is 9.99. The van der Waals surface area contributed by atoms with Crippen molar-refractivity contribution in [2.75, 3.05) is 19.1 Å². The zero-order valence-electron chi connectivity index (χ0n) is 17.9. The number of Topliss-reactive ketones (excluding diaryl/α,β-unsaturated/α-hetero) is 1. The monoisotopic (exact) mass is 436 g/mol. The summed E-state index contributed by atoms with van der Waals surface area (Å²) >= 11 is 6.49. The Hall–Kier alpha value is -3.18. The summed E-state index contributed by atoms with van der Waals surface area (Å²) in [5.74, 6) is 0.632. The van der Waals surface area contributed by atoms with E-state index in [1.165, 1.54) is 0 Å². The van der Waals surface area contributed by atoms with Gasteiger partial charge in [0, 0.05) is 54.0 Å². The molecule has 0 spiro atoms. The Labute approximate surface area is 187 Å². The SMILES string of the molecule is CCC(=O)N(C)c1ccc(-c2ccc(C(=O)CCc3ccc(OC)nc3)cc2Cl)cc1. The number of methoxy groups -OCH3 is 1. The first-order valence-electron chi connectivity index (χ1n) is 10.1. The molecule has 0 N–H and O–H groups in total. The molecular weight excluding hydrogens is 412 g/mol. The van der Waals surface area contributed by atoms with Crippen molar-refractivity contribution >= 4 is 29.0 Å². The zero-order chi connectivity index (χ0) is 22.4. The highest BCUT2D eigenvalue weighted by molar-refractivity contribution is 6.33. The number of ketones is 1. The highest BCUT2D eigenvalue weighted by Gasteiger charge is 2.12. The van der Waals surface area contributed by atoms with Crippen LogP contribution in [0, 0.1) is 0 Å². The minimum absolute atomic E-state index is 0.0271. The van der Waals surface area contributed by atoms with Gasteiger partial charge in [-0.15, -0.1) is 0 Å². The zero-order valence-corrected chi connectivity index (χ0v) is 18.6. The lowest BCUT2D eigenvalue weighted by Gasteiger charge is -2.17. The Morgan fingerprint density at radius 1 is 1.06 bits per heavy atom. The fourth-order valence-corrected chi connectivity index (χ4v) is 3.54. The molecule has 0 fully saturated rings. The fraction of sp³-hybridized carbons (Fsp3) is 0.240. The Balaban J connectivity index is 1.68. The average molecular weight is 437 g/mol. The van der Waals surface area contributed by atoms with Gasteiger partial charge < -0.3 is 9.64 Å². The van der Waals surface area contributed by atoms with Gasteiger partial charge in [0.05, 0.1) is 7.11 Å². The summed E-state index contributed by atoms with van der Waals surface area (Å²) in [4.78, 5) is 30.3. The van der Waals surface area contributed by atoms with Crippen molar-refractivity contribution < 1.29 is 14.3 Å². The number of hydrogen-bond acceptors (Lipinski definition) is 4. The van der Waals surface area contributed by atoms with E-state index in [4.69, 9.17) is 16.3 Å². The smallest absolute Gasteiger partial charge is 0.226 e. The Morgan fingerprint density at radius 2 is 1.81 bits per heavy atom. The maximum Gasteiger partial charge on any atom is 0.226 e. The molecule has 3 aromatic rings. The van der Waals surface area contributed by atoms with Gasteiger partial charge in [-0.05, 0) is 35.7 Å². The van der Waals surface area contributed by atoms with Crippen molar-refractivity contribution in [3.8, 4) is 17.0 Å². The van der Waals surface area contributed by atoms with Gasteiger partial charge in [0.1, 0.15) is 0 Å². The van der Waals surface area contributed by atoms with Gasteiger partial charge in [-0.2, -0.15) is 0 Å². The molecule has 0 aliphatic rings. The molecule has 0 unspecified atom stereocenters. The van der Waals surface area contributed by atoms with Crippen LogP contribution in [0.2, 0.25) is 5.02 Å². The topological polar surface area (TPSA) is 59.5 Å². The van der Waals surface area contributed by atoms with E-state index in [-0.39, 0.29) is 11.7 Å². The number of aromatic nitrogens is 1. The van der Waals surface area contributed by atoms with Crippen LogP contribution in [-0.2, 0) is 11.2 Å². The fourth-order valence-electron chi connectivity index (χ4n) is 3.25. The molecule has 0 saturated carbocycles. The molecule has 3 rings (SSSR count). The molecule has 31 heavy (non-hydrogen) atoms. The third-order valence-corrected chi connectivity index (χ3v) is 5.49. The van der Waals surface area contributed by atoms with E-state index in [0.29, 0.717) is 35.7 Å². The van der Waals surface area contributed by atoms with Crippen LogP contribution >= 0.6 is 11.6 Å². The second-order valence-corrected chi connectivity index (χ2v) is 7.59. The Morgan fingerprint density at radius 3 is 2.39 bits per heavy atom. The van der Waals surface area contributed by atoms with Crippen molar-refractivity contribution in [2.45, 2.75) is 26.2 Å². The number of carbonyl (C=O) groups is 2. The number of aryl methyl sites for hydroxylation is 1. The van der Waals surface area contributed by atoms with Crippen LogP contribution in [0.1, 0.15) is 35.7 Å². The molecule has 0 aliphatic heterocycles. The number of benzene rings is 2. The number of pyridine rings is 1. The number of ether oxygens (including phenoxy) is 1. The van der Waals surface area contributed by atoms with Gasteiger partial charge in [0.2, 0.25) is 11.8 Å². The van der Waals surface area contributed by atoms with Gasteiger partial charge in [-0.3, -0.25) is 9.59 Å². The molecule has 1 aromatic heterocycles. The van der Waals surface area contributed by atoms with Crippen LogP contribution in [0.3, 0.4) is 0 Å². The van der Waals surface area contributed by atoms with Crippen LogP contribution in [0.5, 0.6) is 5.88 Å². The van der Waals surface area contributed by atoms with Crippen LogP contribution in [-0.4, -0.2) is 30.8 Å². The highest BCUT2D eigenvalue weighted by Crippen LogP contribution is 2.30. The van der Waals surface area contributed by atoms with E-state index >= 15 is 0 Å². The average Bonchev–Trinajstić information content (AvgIpc) is 2.81. The first-order valence-corrected chi connectivity index (χ1v) is 10.5. The highest BCUT2D eigenvalue weighted by atomic mass is 35.5. The van der Waals surface area contributed by atoms with E-state index in [2.05, 4.69) is 4.98 Å². The Kier molecular flexibility index (Phi) is 7.42. The number of rotatable bonds is 8. The summed E-state index contributed by atoms with van der Waals surface area (Å²) < 4.78 is 5.05. The molecule has 0 radical (unpaired) electrons. The normalized spacial score (nSPS) is 10.6. The van der Waals surface area contributed by atoms with Crippen LogP contribution in [0.15, 0.2) is 60.8 Å². The summed E-state index contributed by atoms with van der Waals surface area (Å²) in [6.45, 7) is 1.84. The maximum absolute atomic E-state index is 12.6. The van der Waals surface area contributed by atoms with Gasteiger partial charge >= 0.3 is 0 Å². The van der Waals surface area contributed by atoms with Gasteiger partial charge in [0.25, 0.3) is 0 Å². The van der Waals surface area contributed by atoms with E-state index in [1.807, 2.05) is 43.3 Å². The first-order chi connectivity index (χ1) is 14.9. The Bertz CT molecular complexity index is 1060. The van der Waals surface area contributed by atoms with Crippen LogP contribution in [0.25, 0.3) is 11.1 Å². The third-order valence-electron chi connectivity index (χ3n) is 5.18. The van der Waals surface area contributed by atoms with E-state index in [0.717, 1.165) is 22.4 Å². The number of amides is 1. The molecule has 1 heterocycles. The molecule has 5 nitrogen and oxygen atoms in total. The second-order valence-electron chi connectivity index (χ2n) is 7.18. The predicted octanol–water partition coefficient (Wildman–Crippen LogP) is 5.60. The summed E-state index contributed by atoms with van der Waals surface area (Å²) in [5.41, 5.74) is 4.15. The van der Waals surface area contributed by atoms with Gasteiger partial charge in [0.15, 0.2) is 5.78 Å². The quantitative estimate of drug-likeness (QED) is 0.431. The number of nitrogens with zero attached hydrogens (tertiary/aromatic N) is 2. The molecule has 0 saturated heterocycles. The van der Waals surface area contributed by atoms with E-state index < -0.39 is 0 Å². The van der Waals surface area contributed by atoms with Gasteiger partial charge in [-0.1, -0.05) is 48.9 Å². The summed E-state index contributed by atoms with van der Waals surface area (Å²) in [6, 6.07) is 16.7. The molecule has 0 bridgehead atoms. The first kappa shape index (κ1) is 22.5. The molecular formula is C25H25ClN2O3. The molecule has 6 heteroatoms. The second kappa shape index (κ2) is 10.2. The van der Waals surface area contributed by atoms with Crippen molar-refractivity contribution in [3.05, 3.63) is 76.9 Å². The van der Waals surface area contributed by atoms with Crippen molar-refractivity contribution in [1.29, 1.82) is 0 Å². The molecule has 0 aliphatic carbocycles. The van der Waals surface area contributed by atoms with E-state index in [9.17, 15) is 9.59 Å². The standard InChI is InChI=1S/C25H25ClN2O3/c1-4-25(30)28(2)20-10-7-18(8-11-20)21-12-9-19(15-22(21)26)23(29)13-5-17-6-14-24(31-3)27-16-17/h6-12,14-16H,4-5,13H2,1-3H3. The van der Waals surface area contributed by atoms with Gasteiger partial charge in [-0.25, -0.2) is 4.98 Å². The lowest BCUT2D eigenvalue weighted by molar-refractivity contribution is -0.118.